The van der Waals surface area contributed by atoms with Crippen molar-refractivity contribution in [2.75, 3.05) is 33.9 Å². The Balaban J connectivity index is 1.72. The molecule has 2 aromatic carbocycles. The number of sulfone groups is 1. The lowest BCUT2D eigenvalue weighted by Crippen LogP contribution is -2.36. The molecule has 0 aliphatic carbocycles. The van der Waals surface area contributed by atoms with E-state index in [1.165, 1.54) is 26.4 Å². The van der Waals surface area contributed by atoms with E-state index in [9.17, 15) is 13.2 Å². The number of benzene rings is 2. The van der Waals surface area contributed by atoms with E-state index in [0.717, 1.165) is 31.5 Å². The second kappa shape index (κ2) is 10.2. The summed E-state index contributed by atoms with van der Waals surface area (Å²) in [5.41, 5.74) is 0.958. The number of carbonyl (C=O) groups is 1. The van der Waals surface area contributed by atoms with Crippen molar-refractivity contribution in [2.24, 2.45) is 5.92 Å². The monoisotopic (exact) mass is 447 g/mol. The number of carbonyl (C=O) groups excluding carboxylic acids is 1. The zero-order chi connectivity index (χ0) is 22.4. The number of piperidine rings is 1. The van der Waals surface area contributed by atoms with Crippen LogP contribution in [-0.2, 0) is 25.9 Å². The number of ether oxygens (including phenoxy) is 3. The zero-order valence-electron chi connectivity index (χ0n) is 18.2. The van der Waals surface area contributed by atoms with Gasteiger partial charge in [0.25, 0.3) is 0 Å². The average molecular weight is 448 g/mol. The average Bonchev–Trinajstić information content (AvgIpc) is 2.79. The van der Waals surface area contributed by atoms with Gasteiger partial charge in [-0.1, -0.05) is 6.07 Å². The molecule has 0 amide bonds. The summed E-state index contributed by atoms with van der Waals surface area (Å²) in [7, 11) is -0.723. The van der Waals surface area contributed by atoms with Crippen molar-refractivity contribution in [3.8, 4) is 11.5 Å². The number of methoxy groups -OCH3 is 2. The highest BCUT2D eigenvalue weighted by Crippen LogP contribution is 2.32. The van der Waals surface area contributed by atoms with Crippen LogP contribution in [0.15, 0.2) is 52.3 Å². The lowest BCUT2D eigenvalue weighted by Gasteiger charge is -2.30. The topological polar surface area (TPSA) is 82.1 Å². The van der Waals surface area contributed by atoms with Crippen molar-refractivity contribution in [3.05, 3.63) is 48.0 Å². The number of hydrogen-bond donors (Lipinski definition) is 0. The van der Waals surface area contributed by atoms with Gasteiger partial charge in [0.15, 0.2) is 0 Å². The molecule has 168 valence electrons. The van der Waals surface area contributed by atoms with E-state index in [-0.39, 0.29) is 21.7 Å². The molecule has 0 unspecified atom stereocenters. The molecule has 0 N–H and O–H groups in total. The maximum Gasteiger partial charge on any atom is 0.309 e. The summed E-state index contributed by atoms with van der Waals surface area (Å²) in [6.45, 7) is 4.47. The van der Waals surface area contributed by atoms with Crippen LogP contribution in [0.2, 0.25) is 0 Å². The third-order valence-electron chi connectivity index (χ3n) is 5.50. The van der Waals surface area contributed by atoms with Crippen LogP contribution in [-0.4, -0.2) is 53.2 Å². The highest BCUT2D eigenvalue weighted by atomic mass is 32.2. The molecule has 1 aliphatic rings. The molecule has 2 aromatic rings. The molecule has 0 bridgehead atoms. The lowest BCUT2D eigenvalue weighted by atomic mass is 9.96. The summed E-state index contributed by atoms with van der Waals surface area (Å²) in [6.07, 6.45) is 1.53. The van der Waals surface area contributed by atoms with Crippen LogP contribution in [0.3, 0.4) is 0 Å². The summed E-state index contributed by atoms with van der Waals surface area (Å²) in [4.78, 5) is 14.5. The standard InChI is InChI=1S/C23H29NO6S/c1-4-30-23(25)18-11-13-24(14-12-18)16-17-5-10-22(21(15-17)29-3)31(26,27)20-8-6-19(28-2)7-9-20/h5-10,15,18H,4,11-14,16H2,1-3H3. The van der Waals surface area contributed by atoms with Crippen LogP contribution >= 0.6 is 0 Å². The van der Waals surface area contributed by atoms with Crippen LogP contribution < -0.4 is 9.47 Å². The van der Waals surface area contributed by atoms with Crippen molar-refractivity contribution in [1.82, 2.24) is 4.90 Å². The Morgan fingerprint density at radius 3 is 2.29 bits per heavy atom. The normalized spacial score (nSPS) is 15.5. The van der Waals surface area contributed by atoms with E-state index in [1.54, 1.807) is 24.3 Å². The quantitative estimate of drug-likeness (QED) is 0.574. The minimum atomic E-state index is -3.72. The molecule has 31 heavy (non-hydrogen) atoms. The summed E-state index contributed by atoms with van der Waals surface area (Å²) >= 11 is 0. The van der Waals surface area contributed by atoms with Crippen LogP contribution in [0.25, 0.3) is 0 Å². The van der Waals surface area contributed by atoms with Gasteiger partial charge in [0.1, 0.15) is 16.4 Å². The van der Waals surface area contributed by atoms with E-state index >= 15 is 0 Å². The molecule has 0 atom stereocenters. The van der Waals surface area contributed by atoms with E-state index in [0.29, 0.717) is 24.7 Å². The SMILES string of the molecule is CCOC(=O)C1CCN(Cc2ccc(S(=O)(=O)c3ccc(OC)cc3)c(OC)c2)CC1. The van der Waals surface area contributed by atoms with E-state index < -0.39 is 9.84 Å². The van der Waals surface area contributed by atoms with Crippen LogP contribution in [0.1, 0.15) is 25.3 Å². The Hall–Kier alpha value is -2.58. The van der Waals surface area contributed by atoms with Gasteiger partial charge < -0.3 is 14.2 Å². The van der Waals surface area contributed by atoms with E-state index in [4.69, 9.17) is 14.2 Å². The number of likely N-dealkylation sites (tertiary alicyclic amines) is 1. The Labute approximate surface area is 183 Å². The molecule has 0 radical (unpaired) electrons. The van der Waals surface area contributed by atoms with Gasteiger partial charge in [-0.05, 0) is 74.8 Å². The maximum absolute atomic E-state index is 13.1. The van der Waals surface area contributed by atoms with Crippen LogP contribution in [0.5, 0.6) is 11.5 Å². The largest absolute Gasteiger partial charge is 0.497 e. The van der Waals surface area contributed by atoms with Gasteiger partial charge in [-0.25, -0.2) is 8.42 Å². The highest BCUT2D eigenvalue weighted by molar-refractivity contribution is 7.91. The first kappa shape index (κ1) is 23.1. The van der Waals surface area contributed by atoms with Gasteiger partial charge in [-0.15, -0.1) is 0 Å². The molecule has 3 rings (SSSR count). The predicted octanol–water partition coefficient (Wildman–Crippen LogP) is 3.31. The van der Waals surface area contributed by atoms with Gasteiger partial charge in [-0.2, -0.15) is 0 Å². The summed E-state index contributed by atoms with van der Waals surface area (Å²) in [6, 6.07) is 11.5. The molecular formula is C23H29NO6S. The van der Waals surface area contributed by atoms with Gasteiger partial charge in [0.05, 0.1) is 31.6 Å². The molecule has 1 saturated heterocycles. The van der Waals surface area contributed by atoms with Gasteiger partial charge in [0, 0.05) is 6.54 Å². The first-order valence-corrected chi connectivity index (χ1v) is 11.8. The summed E-state index contributed by atoms with van der Waals surface area (Å²) < 4.78 is 41.8. The third kappa shape index (κ3) is 5.37. The Kier molecular flexibility index (Phi) is 7.56. The van der Waals surface area contributed by atoms with E-state index in [1.807, 2.05) is 13.0 Å². The molecular weight excluding hydrogens is 418 g/mol. The Bertz CT molecular complexity index is 995. The first-order valence-electron chi connectivity index (χ1n) is 10.3. The molecule has 1 heterocycles. The Morgan fingerprint density at radius 1 is 1.03 bits per heavy atom. The second-order valence-electron chi connectivity index (χ2n) is 7.47. The van der Waals surface area contributed by atoms with Crippen molar-refractivity contribution in [2.45, 2.75) is 36.1 Å². The first-order chi connectivity index (χ1) is 14.9. The van der Waals surface area contributed by atoms with Gasteiger partial charge in [0.2, 0.25) is 9.84 Å². The van der Waals surface area contributed by atoms with Crippen molar-refractivity contribution in [1.29, 1.82) is 0 Å². The fraction of sp³-hybridized carbons (Fsp3) is 0.435. The molecule has 0 saturated carbocycles. The molecule has 1 aliphatic heterocycles. The fourth-order valence-corrected chi connectivity index (χ4v) is 5.16. The fourth-order valence-electron chi connectivity index (χ4n) is 3.76. The molecule has 8 heteroatoms. The van der Waals surface area contributed by atoms with E-state index in [2.05, 4.69) is 4.90 Å². The highest BCUT2D eigenvalue weighted by Gasteiger charge is 2.27. The number of rotatable bonds is 8. The maximum atomic E-state index is 13.1. The zero-order valence-corrected chi connectivity index (χ0v) is 19.0. The molecule has 0 spiro atoms. The summed E-state index contributed by atoms with van der Waals surface area (Å²) in [5.74, 6) is 0.752. The van der Waals surface area contributed by atoms with Crippen LogP contribution in [0, 0.1) is 5.92 Å². The Morgan fingerprint density at radius 2 is 1.71 bits per heavy atom. The molecule has 0 aromatic heterocycles. The predicted molar refractivity (Wildman–Crippen MR) is 116 cm³/mol. The van der Waals surface area contributed by atoms with Crippen molar-refractivity contribution in [3.63, 3.8) is 0 Å². The van der Waals surface area contributed by atoms with Gasteiger partial charge >= 0.3 is 5.97 Å². The third-order valence-corrected chi connectivity index (χ3v) is 7.31. The number of esters is 1. The molecule has 1 fully saturated rings. The lowest BCUT2D eigenvalue weighted by molar-refractivity contribution is -0.149. The number of nitrogens with zero attached hydrogens (tertiary/aromatic N) is 1. The van der Waals surface area contributed by atoms with Crippen molar-refractivity contribution >= 4 is 15.8 Å². The van der Waals surface area contributed by atoms with Crippen LogP contribution in [0.4, 0.5) is 0 Å². The smallest absolute Gasteiger partial charge is 0.309 e. The number of hydrogen-bond acceptors (Lipinski definition) is 7. The minimum absolute atomic E-state index is 0.0391. The van der Waals surface area contributed by atoms with Gasteiger partial charge in [-0.3, -0.25) is 9.69 Å². The second-order valence-corrected chi connectivity index (χ2v) is 9.38. The van der Waals surface area contributed by atoms with Crippen molar-refractivity contribution < 1.29 is 27.4 Å². The summed E-state index contributed by atoms with van der Waals surface area (Å²) in [5, 5.41) is 0. The molecule has 7 nitrogen and oxygen atoms in total. The minimum Gasteiger partial charge on any atom is -0.497 e.